The highest BCUT2D eigenvalue weighted by atomic mass is 16.3. The van der Waals surface area contributed by atoms with Crippen LogP contribution in [-0.4, -0.2) is 23.6 Å². The van der Waals surface area contributed by atoms with E-state index in [0.717, 1.165) is 6.42 Å². The number of carbonyl (C=O) groups is 1. The van der Waals surface area contributed by atoms with Gasteiger partial charge in [-0.2, -0.15) is 0 Å². The Morgan fingerprint density at radius 2 is 2.31 bits per heavy atom. The largest absolute Gasteiger partial charge is 0.512 e. The fourth-order valence-electron chi connectivity index (χ4n) is 1.21. The van der Waals surface area contributed by atoms with Crippen molar-refractivity contribution in [2.45, 2.75) is 19.3 Å². The molecule has 0 aromatic rings. The normalized spacial score (nSPS) is 18.3. The maximum atomic E-state index is 11.3. The minimum absolute atomic E-state index is 0.0171. The van der Waals surface area contributed by atoms with Gasteiger partial charge in [-0.1, -0.05) is 6.08 Å². The minimum atomic E-state index is -0.0171. The molecule has 0 bridgehead atoms. The lowest BCUT2D eigenvalue weighted by Crippen LogP contribution is -2.12. The number of aliphatic hydroxyl groups excluding tert-OH is 1. The number of aliphatic imine (C=N–C) groups is 1. The highest BCUT2D eigenvalue weighted by molar-refractivity contribution is 6.14. The first kappa shape index (κ1) is 9.71. The van der Waals surface area contributed by atoms with Crippen LogP contribution in [0.25, 0.3) is 0 Å². The van der Waals surface area contributed by atoms with Gasteiger partial charge in [-0.25, -0.2) is 0 Å². The highest BCUT2D eigenvalue weighted by Crippen LogP contribution is 2.18. The van der Waals surface area contributed by atoms with E-state index in [1.165, 1.54) is 6.21 Å². The zero-order chi connectivity index (χ0) is 9.68. The van der Waals surface area contributed by atoms with Crippen molar-refractivity contribution in [3.8, 4) is 0 Å². The molecule has 1 rings (SSSR count). The van der Waals surface area contributed by atoms with Gasteiger partial charge in [0, 0.05) is 19.1 Å². The zero-order valence-electron chi connectivity index (χ0n) is 7.49. The standard InChI is InChI=1S/C10H13NO2/c1-2-6-11-7-8-9(12)4-3-5-10(8)13/h2,7,12H,1,3-6H2. The van der Waals surface area contributed by atoms with Gasteiger partial charge in [0.2, 0.25) is 0 Å². The molecule has 0 unspecified atom stereocenters. The van der Waals surface area contributed by atoms with Crippen LogP contribution in [0.15, 0.2) is 29.0 Å². The number of Topliss-reactive ketones (excluding diaryl/α,β-unsaturated/α-hetero) is 1. The Balaban J connectivity index is 2.74. The van der Waals surface area contributed by atoms with Crippen molar-refractivity contribution in [2.24, 2.45) is 4.99 Å². The van der Waals surface area contributed by atoms with Gasteiger partial charge < -0.3 is 5.11 Å². The minimum Gasteiger partial charge on any atom is -0.512 e. The van der Waals surface area contributed by atoms with E-state index in [2.05, 4.69) is 11.6 Å². The molecule has 0 aliphatic heterocycles. The lowest BCUT2D eigenvalue weighted by molar-refractivity contribution is -0.115. The van der Waals surface area contributed by atoms with Crippen molar-refractivity contribution >= 4 is 12.0 Å². The molecule has 0 aromatic heterocycles. The van der Waals surface area contributed by atoms with E-state index in [1.54, 1.807) is 6.08 Å². The van der Waals surface area contributed by atoms with Crippen LogP contribution in [0, 0.1) is 0 Å². The van der Waals surface area contributed by atoms with Crippen LogP contribution in [-0.2, 0) is 4.79 Å². The second-order valence-electron chi connectivity index (χ2n) is 2.92. The molecule has 0 radical (unpaired) electrons. The van der Waals surface area contributed by atoms with Gasteiger partial charge in [-0.05, 0) is 6.42 Å². The summed E-state index contributed by atoms with van der Waals surface area (Å²) in [7, 11) is 0. The van der Waals surface area contributed by atoms with Crippen molar-refractivity contribution in [2.75, 3.05) is 6.54 Å². The third kappa shape index (κ3) is 2.54. The monoisotopic (exact) mass is 179 g/mol. The fourth-order valence-corrected chi connectivity index (χ4v) is 1.21. The topological polar surface area (TPSA) is 49.7 Å². The van der Waals surface area contributed by atoms with Crippen molar-refractivity contribution in [1.29, 1.82) is 0 Å². The second-order valence-corrected chi connectivity index (χ2v) is 2.92. The van der Waals surface area contributed by atoms with Gasteiger partial charge in [0.15, 0.2) is 5.78 Å². The van der Waals surface area contributed by atoms with Crippen molar-refractivity contribution in [3.63, 3.8) is 0 Å². The molecule has 0 fully saturated rings. The Hall–Kier alpha value is -1.38. The number of aliphatic hydroxyl groups is 1. The van der Waals surface area contributed by atoms with Gasteiger partial charge in [0.05, 0.1) is 12.1 Å². The van der Waals surface area contributed by atoms with Gasteiger partial charge in [-0.15, -0.1) is 6.58 Å². The molecular weight excluding hydrogens is 166 g/mol. The summed E-state index contributed by atoms with van der Waals surface area (Å²) in [5.41, 5.74) is 0.369. The predicted octanol–water partition coefficient (Wildman–Crippen LogP) is 1.81. The van der Waals surface area contributed by atoms with Gasteiger partial charge >= 0.3 is 0 Å². The van der Waals surface area contributed by atoms with E-state index in [1.807, 2.05) is 0 Å². The molecule has 0 saturated carbocycles. The van der Waals surface area contributed by atoms with Crippen molar-refractivity contribution < 1.29 is 9.90 Å². The van der Waals surface area contributed by atoms with E-state index in [4.69, 9.17) is 0 Å². The molecule has 0 atom stereocenters. The fraction of sp³-hybridized carbons (Fsp3) is 0.400. The smallest absolute Gasteiger partial charge is 0.167 e. The van der Waals surface area contributed by atoms with Crippen LogP contribution in [0.3, 0.4) is 0 Å². The lowest BCUT2D eigenvalue weighted by Gasteiger charge is -2.10. The van der Waals surface area contributed by atoms with E-state index in [-0.39, 0.29) is 11.5 Å². The number of rotatable bonds is 3. The Morgan fingerprint density at radius 3 is 2.92 bits per heavy atom. The van der Waals surface area contributed by atoms with Gasteiger partial charge in [-0.3, -0.25) is 9.79 Å². The quantitative estimate of drug-likeness (QED) is 0.530. The molecule has 70 valence electrons. The van der Waals surface area contributed by atoms with Gasteiger partial charge in [0.25, 0.3) is 0 Å². The molecule has 1 N–H and O–H groups in total. The highest BCUT2D eigenvalue weighted by Gasteiger charge is 2.17. The summed E-state index contributed by atoms with van der Waals surface area (Å²) in [6.07, 6.45) is 4.92. The number of carbonyl (C=O) groups excluding carboxylic acids is 1. The first-order chi connectivity index (χ1) is 6.25. The summed E-state index contributed by atoms with van der Waals surface area (Å²) in [6.45, 7) is 3.98. The van der Waals surface area contributed by atoms with Gasteiger partial charge in [0.1, 0.15) is 5.76 Å². The molecule has 0 amide bonds. The van der Waals surface area contributed by atoms with E-state index in [0.29, 0.717) is 25.0 Å². The molecule has 0 heterocycles. The summed E-state index contributed by atoms with van der Waals surface area (Å²) < 4.78 is 0. The van der Waals surface area contributed by atoms with Crippen molar-refractivity contribution in [1.82, 2.24) is 0 Å². The molecule has 0 aromatic carbocycles. The average Bonchev–Trinajstić information content (AvgIpc) is 2.10. The maximum Gasteiger partial charge on any atom is 0.167 e. The van der Waals surface area contributed by atoms with E-state index >= 15 is 0 Å². The first-order valence-corrected chi connectivity index (χ1v) is 4.31. The molecule has 0 saturated heterocycles. The first-order valence-electron chi connectivity index (χ1n) is 4.31. The molecule has 1 aliphatic rings. The molecule has 3 nitrogen and oxygen atoms in total. The van der Waals surface area contributed by atoms with Crippen molar-refractivity contribution in [3.05, 3.63) is 24.0 Å². The summed E-state index contributed by atoms with van der Waals surface area (Å²) in [5.74, 6) is 0.153. The third-order valence-corrected chi connectivity index (χ3v) is 1.88. The molecule has 3 heteroatoms. The number of nitrogens with zero attached hydrogens (tertiary/aromatic N) is 1. The second kappa shape index (κ2) is 4.60. The number of hydrogen-bond donors (Lipinski definition) is 1. The Labute approximate surface area is 77.5 Å². The van der Waals surface area contributed by atoms with Crippen LogP contribution in [0.1, 0.15) is 19.3 Å². The Morgan fingerprint density at radius 1 is 1.54 bits per heavy atom. The third-order valence-electron chi connectivity index (χ3n) is 1.88. The number of hydrogen-bond acceptors (Lipinski definition) is 3. The Bertz CT molecular complexity index is 277. The molecule has 1 aliphatic carbocycles. The lowest BCUT2D eigenvalue weighted by atomic mass is 9.97. The van der Waals surface area contributed by atoms with E-state index in [9.17, 15) is 9.90 Å². The summed E-state index contributed by atoms with van der Waals surface area (Å²) >= 11 is 0. The van der Waals surface area contributed by atoms with Crippen LogP contribution >= 0.6 is 0 Å². The maximum absolute atomic E-state index is 11.3. The molecular formula is C10H13NO2. The number of ketones is 1. The summed E-state index contributed by atoms with van der Waals surface area (Å²) in [6, 6.07) is 0. The summed E-state index contributed by atoms with van der Waals surface area (Å²) in [4.78, 5) is 15.2. The predicted molar refractivity (Wildman–Crippen MR) is 52.1 cm³/mol. The SMILES string of the molecule is C=CCN=CC1=C(O)CCCC1=O. The zero-order valence-corrected chi connectivity index (χ0v) is 7.49. The van der Waals surface area contributed by atoms with Crippen LogP contribution < -0.4 is 0 Å². The summed E-state index contributed by atoms with van der Waals surface area (Å²) in [5, 5.41) is 9.38. The van der Waals surface area contributed by atoms with Crippen LogP contribution in [0.2, 0.25) is 0 Å². The Kier molecular flexibility index (Phi) is 3.43. The van der Waals surface area contributed by atoms with Crippen LogP contribution in [0.4, 0.5) is 0 Å². The van der Waals surface area contributed by atoms with Crippen LogP contribution in [0.5, 0.6) is 0 Å². The average molecular weight is 179 g/mol. The number of allylic oxidation sites excluding steroid dienone is 2. The van der Waals surface area contributed by atoms with E-state index < -0.39 is 0 Å². The molecule has 13 heavy (non-hydrogen) atoms. The molecule has 0 spiro atoms.